The second kappa shape index (κ2) is 9.39. The highest BCUT2D eigenvalue weighted by Gasteiger charge is 2.09. The van der Waals surface area contributed by atoms with Crippen LogP contribution in [0, 0.1) is 0 Å². The second-order valence-corrected chi connectivity index (χ2v) is 4.45. The van der Waals surface area contributed by atoms with Crippen LogP contribution in [0.4, 0.5) is 0 Å². The fourth-order valence-corrected chi connectivity index (χ4v) is 2.01. The number of amides is 1. The van der Waals surface area contributed by atoms with Gasteiger partial charge in [0.15, 0.2) is 0 Å². The van der Waals surface area contributed by atoms with Crippen LogP contribution in [0.2, 0.25) is 0 Å². The molecule has 1 rings (SSSR count). The number of piperidine rings is 1. The number of rotatable bonds is 8. The van der Waals surface area contributed by atoms with Crippen LogP contribution in [0.3, 0.4) is 0 Å². The van der Waals surface area contributed by atoms with Crippen LogP contribution in [-0.4, -0.2) is 56.7 Å². The van der Waals surface area contributed by atoms with Crippen LogP contribution in [0.15, 0.2) is 0 Å². The van der Waals surface area contributed by atoms with Gasteiger partial charge in [0.1, 0.15) is 6.61 Å². The van der Waals surface area contributed by atoms with E-state index in [9.17, 15) is 4.79 Å². The van der Waals surface area contributed by atoms with Crippen LogP contribution < -0.4 is 11.1 Å². The topological polar surface area (TPSA) is 67.6 Å². The molecule has 17 heavy (non-hydrogen) atoms. The first-order valence-corrected chi connectivity index (χ1v) is 6.60. The lowest BCUT2D eigenvalue weighted by atomic mass is 10.1. The predicted molar refractivity (Wildman–Crippen MR) is 67.8 cm³/mol. The molecule has 5 nitrogen and oxygen atoms in total. The Morgan fingerprint density at radius 3 is 2.76 bits per heavy atom. The molecular weight excluding hydrogens is 218 g/mol. The van der Waals surface area contributed by atoms with Crippen molar-refractivity contribution >= 4 is 5.91 Å². The molecule has 1 saturated heterocycles. The van der Waals surface area contributed by atoms with Gasteiger partial charge in [0.25, 0.3) is 0 Å². The Morgan fingerprint density at radius 2 is 2.06 bits per heavy atom. The number of nitrogens with zero attached hydrogens (tertiary/aromatic N) is 1. The Morgan fingerprint density at radius 1 is 1.29 bits per heavy atom. The summed E-state index contributed by atoms with van der Waals surface area (Å²) in [6.07, 6.45) is 5.02. The van der Waals surface area contributed by atoms with Gasteiger partial charge in [-0.15, -0.1) is 0 Å². The van der Waals surface area contributed by atoms with Crippen molar-refractivity contribution in [1.29, 1.82) is 0 Å². The van der Waals surface area contributed by atoms with Crippen LogP contribution in [-0.2, 0) is 9.53 Å². The molecule has 0 atom stereocenters. The molecule has 0 bridgehead atoms. The smallest absolute Gasteiger partial charge is 0.245 e. The molecule has 1 aliphatic rings. The summed E-state index contributed by atoms with van der Waals surface area (Å²) in [6, 6.07) is 0. The molecule has 1 aliphatic heterocycles. The molecule has 0 aromatic rings. The van der Waals surface area contributed by atoms with E-state index in [-0.39, 0.29) is 12.5 Å². The number of ether oxygens (including phenoxy) is 1. The fourth-order valence-electron chi connectivity index (χ4n) is 2.01. The van der Waals surface area contributed by atoms with E-state index in [0.29, 0.717) is 13.2 Å². The van der Waals surface area contributed by atoms with E-state index < -0.39 is 0 Å². The van der Waals surface area contributed by atoms with Crippen molar-refractivity contribution in [2.75, 3.05) is 45.9 Å². The second-order valence-electron chi connectivity index (χ2n) is 4.45. The van der Waals surface area contributed by atoms with Crippen molar-refractivity contribution < 1.29 is 9.53 Å². The van der Waals surface area contributed by atoms with E-state index in [1.165, 1.54) is 32.4 Å². The summed E-state index contributed by atoms with van der Waals surface area (Å²) in [6.45, 7) is 5.29. The van der Waals surface area contributed by atoms with Crippen LogP contribution in [0.25, 0.3) is 0 Å². The lowest BCUT2D eigenvalue weighted by Gasteiger charge is -2.26. The molecule has 1 amide bonds. The molecule has 0 radical (unpaired) electrons. The zero-order chi connectivity index (χ0) is 12.3. The molecule has 3 N–H and O–H groups in total. The van der Waals surface area contributed by atoms with E-state index in [1.54, 1.807) is 0 Å². The normalized spacial score (nSPS) is 17.0. The van der Waals surface area contributed by atoms with Gasteiger partial charge >= 0.3 is 0 Å². The van der Waals surface area contributed by atoms with Gasteiger partial charge in [-0.3, -0.25) is 4.79 Å². The number of carbonyl (C=O) groups is 1. The minimum atomic E-state index is -0.0444. The average Bonchev–Trinajstić information content (AvgIpc) is 2.36. The summed E-state index contributed by atoms with van der Waals surface area (Å²) in [4.78, 5) is 13.8. The van der Waals surface area contributed by atoms with Crippen molar-refractivity contribution in [3.8, 4) is 0 Å². The van der Waals surface area contributed by atoms with Gasteiger partial charge in [-0.2, -0.15) is 0 Å². The summed E-state index contributed by atoms with van der Waals surface area (Å²) in [5.74, 6) is -0.0444. The first-order chi connectivity index (χ1) is 8.33. The third-order valence-corrected chi connectivity index (χ3v) is 2.92. The highest BCUT2D eigenvalue weighted by Crippen LogP contribution is 2.08. The molecule has 0 spiro atoms. The zero-order valence-electron chi connectivity index (χ0n) is 10.6. The summed E-state index contributed by atoms with van der Waals surface area (Å²) < 4.78 is 5.04. The highest BCUT2D eigenvalue weighted by molar-refractivity contribution is 5.77. The predicted octanol–water partition coefficient (Wildman–Crippen LogP) is -0.0461. The van der Waals surface area contributed by atoms with E-state index in [0.717, 1.165) is 19.5 Å². The van der Waals surface area contributed by atoms with Gasteiger partial charge in [0, 0.05) is 13.1 Å². The van der Waals surface area contributed by atoms with Crippen molar-refractivity contribution in [1.82, 2.24) is 10.2 Å². The minimum absolute atomic E-state index is 0.0444. The Bertz CT molecular complexity index is 206. The van der Waals surface area contributed by atoms with Crippen molar-refractivity contribution in [3.05, 3.63) is 0 Å². The maximum absolute atomic E-state index is 11.3. The summed E-state index contributed by atoms with van der Waals surface area (Å²) in [5.41, 5.74) is 5.26. The van der Waals surface area contributed by atoms with Crippen LogP contribution in [0.5, 0.6) is 0 Å². The molecule has 0 aromatic carbocycles. The first kappa shape index (κ1) is 14.4. The monoisotopic (exact) mass is 243 g/mol. The standard InChI is InChI=1S/C12H25N3O2/c13-5-10-17-11-12(16)14-6-4-9-15-7-2-1-3-8-15/h1-11,13H2,(H,14,16). The number of hydrogen-bond acceptors (Lipinski definition) is 4. The van der Waals surface area contributed by atoms with Crippen LogP contribution in [0.1, 0.15) is 25.7 Å². The number of likely N-dealkylation sites (tertiary alicyclic amines) is 1. The van der Waals surface area contributed by atoms with Gasteiger partial charge in [0.05, 0.1) is 6.61 Å². The van der Waals surface area contributed by atoms with E-state index in [1.807, 2.05) is 0 Å². The van der Waals surface area contributed by atoms with E-state index >= 15 is 0 Å². The average molecular weight is 243 g/mol. The fraction of sp³-hybridized carbons (Fsp3) is 0.917. The minimum Gasteiger partial charge on any atom is -0.370 e. The van der Waals surface area contributed by atoms with Crippen molar-refractivity contribution in [2.45, 2.75) is 25.7 Å². The number of nitrogens with two attached hydrogens (primary N) is 1. The highest BCUT2D eigenvalue weighted by atomic mass is 16.5. The maximum atomic E-state index is 11.3. The number of hydrogen-bond donors (Lipinski definition) is 2. The third-order valence-electron chi connectivity index (χ3n) is 2.92. The van der Waals surface area contributed by atoms with E-state index in [2.05, 4.69) is 10.2 Å². The Labute approximate surface area is 104 Å². The molecule has 1 heterocycles. The van der Waals surface area contributed by atoms with Crippen molar-refractivity contribution in [2.24, 2.45) is 5.73 Å². The maximum Gasteiger partial charge on any atom is 0.245 e. The summed E-state index contributed by atoms with van der Waals surface area (Å²) in [7, 11) is 0. The SMILES string of the molecule is NCCOCC(=O)NCCCN1CCCCC1. The number of carbonyl (C=O) groups excluding carboxylic acids is 1. The number of nitrogens with one attached hydrogen (secondary N) is 1. The quantitative estimate of drug-likeness (QED) is 0.587. The van der Waals surface area contributed by atoms with Gasteiger partial charge in [-0.25, -0.2) is 0 Å². The van der Waals surface area contributed by atoms with Gasteiger partial charge in [-0.05, 0) is 38.9 Å². The molecule has 0 unspecified atom stereocenters. The van der Waals surface area contributed by atoms with Gasteiger partial charge < -0.3 is 20.7 Å². The lowest BCUT2D eigenvalue weighted by Crippen LogP contribution is -2.34. The third kappa shape index (κ3) is 7.31. The zero-order valence-corrected chi connectivity index (χ0v) is 10.6. The molecule has 0 saturated carbocycles. The Balaban J connectivity index is 1.90. The molecule has 0 aromatic heterocycles. The van der Waals surface area contributed by atoms with Crippen LogP contribution >= 0.6 is 0 Å². The summed E-state index contributed by atoms with van der Waals surface area (Å²) in [5, 5.41) is 2.85. The summed E-state index contributed by atoms with van der Waals surface area (Å²) >= 11 is 0. The molecule has 1 fully saturated rings. The lowest BCUT2D eigenvalue weighted by molar-refractivity contribution is -0.125. The largest absolute Gasteiger partial charge is 0.370 e. The molecule has 100 valence electrons. The molecular formula is C12H25N3O2. The Kier molecular flexibility index (Phi) is 7.96. The van der Waals surface area contributed by atoms with Gasteiger partial charge in [-0.1, -0.05) is 6.42 Å². The molecule has 5 heteroatoms. The van der Waals surface area contributed by atoms with Gasteiger partial charge in [0.2, 0.25) is 5.91 Å². The first-order valence-electron chi connectivity index (χ1n) is 6.60. The Hall–Kier alpha value is -0.650. The van der Waals surface area contributed by atoms with E-state index in [4.69, 9.17) is 10.5 Å². The van der Waals surface area contributed by atoms with Crippen molar-refractivity contribution in [3.63, 3.8) is 0 Å². The molecule has 0 aliphatic carbocycles.